The van der Waals surface area contributed by atoms with Crippen molar-refractivity contribution in [3.05, 3.63) is 30.6 Å². The lowest BCUT2D eigenvalue weighted by atomic mass is 10.1. The third-order valence-corrected chi connectivity index (χ3v) is 2.81. The summed E-state index contributed by atoms with van der Waals surface area (Å²) in [6, 6.07) is 5.81. The summed E-state index contributed by atoms with van der Waals surface area (Å²) >= 11 is 0. The van der Waals surface area contributed by atoms with Gasteiger partial charge in [0, 0.05) is 12.1 Å². The number of halogens is 3. The van der Waals surface area contributed by atoms with Gasteiger partial charge in [0.25, 0.3) is 0 Å². The van der Waals surface area contributed by atoms with Gasteiger partial charge in [0.2, 0.25) is 0 Å². The predicted octanol–water partition coefficient (Wildman–Crippen LogP) is 3.69. The average molecular weight is 299 g/mol. The first-order chi connectivity index (χ1) is 9.78. The van der Waals surface area contributed by atoms with E-state index in [0.29, 0.717) is 18.3 Å². The number of aromatic nitrogens is 2. The van der Waals surface area contributed by atoms with Gasteiger partial charge in [-0.25, -0.2) is 4.98 Å². The van der Waals surface area contributed by atoms with Crippen LogP contribution in [-0.2, 0) is 6.54 Å². The Bertz CT molecular complexity index is 620. The maximum Gasteiger partial charge on any atom is 0.573 e. The summed E-state index contributed by atoms with van der Waals surface area (Å²) in [6.07, 6.45) is -3.24. The average Bonchev–Trinajstić information content (AvgIpc) is 2.69. The molecule has 1 heterocycles. The molecule has 0 saturated heterocycles. The standard InChI is InChI=1S/C14H16F3N3O/c1-9(2)7-20-8-19-12(13(20)18)10-5-3-4-6-11(10)21-14(15,16)17/h3-6,8-9H,7,18H2,1-2H3. The van der Waals surface area contributed by atoms with Gasteiger partial charge in [0.1, 0.15) is 17.3 Å². The molecule has 2 N–H and O–H groups in total. The molecule has 0 saturated carbocycles. The van der Waals surface area contributed by atoms with Crippen LogP contribution in [0.3, 0.4) is 0 Å². The molecular weight excluding hydrogens is 283 g/mol. The van der Waals surface area contributed by atoms with Gasteiger partial charge in [-0.1, -0.05) is 26.0 Å². The first kappa shape index (κ1) is 15.2. The van der Waals surface area contributed by atoms with Crippen molar-refractivity contribution in [1.29, 1.82) is 0 Å². The summed E-state index contributed by atoms with van der Waals surface area (Å²) in [5, 5.41) is 0. The number of nitrogens with zero attached hydrogens (tertiary/aromatic N) is 2. The van der Waals surface area contributed by atoms with Crippen LogP contribution in [0.5, 0.6) is 5.75 Å². The topological polar surface area (TPSA) is 53.1 Å². The van der Waals surface area contributed by atoms with Crippen molar-refractivity contribution in [3.63, 3.8) is 0 Å². The second kappa shape index (κ2) is 5.67. The number of ether oxygens (including phenoxy) is 1. The molecule has 0 spiro atoms. The van der Waals surface area contributed by atoms with Gasteiger partial charge in [0.05, 0.1) is 6.33 Å². The molecular formula is C14H16F3N3O. The second-order valence-corrected chi connectivity index (χ2v) is 5.07. The van der Waals surface area contributed by atoms with E-state index in [1.807, 2.05) is 13.8 Å². The fraction of sp³-hybridized carbons (Fsp3) is 0.357. The summed E-state index contributed by atoms with van der Waals surface area (Å²) in [5.74, 6) is 0.351. The van der Waals surface area contributed by atoms with Crippen LogP contribution in [0.4, 0.5) is 19.0 Å². The molecule has 114 valence electrons. The van der Waals surface area contributed by atoms with Gasteiger partial charge in [-0.3, -0.25) is 0 Å². The van der Waals surface area contributed by atoms with E-state index in [-0.39, 0.29) is 17.0 Å². The van der Waals surface area contributed by atoms with Crippen molar-refractivity contribution in [2.24, 2.45) is 5.92 Å². The Hall–Kier alpha value is -2.18. The zero-order valence-electron chi connectivity index (χ0n) is 11.7. The first-order valence-electron chi connectivity index (χ1n) is 6.43. The molecule has 0 atom stereocenters. The summed E-state index contributed by atoms with van der Waals surface area (Å²) in [7, 11) is 0. The molecule has 0 radical (unpaired) electrons. The lowest BCUT2D eigenvalue weighted by molar-refractivity contribution is -0.274. The summed E-state index contributed by atoms with van der Waals surface area (Å²) in [5.41, 5.74) is 6.48. The van der Waals surface area contributed by atoms with Crippen LogP contribution in [0.15, 0.2) is 30.6 Å². The Morgan fingerprint density at radius 1 is 1.29 bits per heavy atom. The van der Waals surface area contributed by atoms with Crippen molar-refractivity contribution in [3.8, 4) is 17.0 Å². The van der Waals surface area contributed by atoms with Crippen molar-refractivity contribution in [2.45, 2.75) is 26.8 Å². The molecule has 2 rings (SSSR count). The number of imidazole rings is 1. The van der Waals surface area contributed by atoms with Crippen LogP contribution in [0, 0.1) is 5.92 Å². The Kier molecular flexibility index (Phi) is 4.11. The molecule has 0 aliphatic carbocycles. The highest BCUT2D eigenvalue weighted by Crippen LogP contribution is 2.35. The summed E-state index contributed by atoms with van der Waals surface area (Å²) in [6.45, 7) is 4.67. The molecule has 0 bridgehead atoms. The molecule has 1 aromatic heterocycles. The predicted molar refractivity (Wildman–Crippen MR) is 73.6 cm³/mol. The molecule has 2 aromatic rings. The highest BCUT2D eigenvalue weighted by atomic mass is 19.4. The number of hydrogen-bond acceptors (Lipinski definition) is 3. The number of hydrogen-bond donors (Lipinski definition) is 1. The minimum absolute atomic E-state index is 0.217. The second-order valence-electron chi connectivity index (χ2n) is 5.07. The fourth-order valence-corrected chi connectivity index (χ4v) is 2.01. The Morgan fingerprint density at radius 2 is 1.95 bits per heavy atom. The largest absolute Gasteiger partial charge is 0.573 e. The Labute approximate surface area is 120 Å². The van der Waals surface area contributed by atoms with E-state index in [4.69, 9.17) is 5.73 Å². The monoisotopic (exact) mass is 299 g/mol. The molecule has 4 nitrogen and oxygen atoms in total. The van der Waals surface area contributed by atoms with E-state index < -0.39 is 6.36 Å². The van der Waals surface area contributed by atoms with E-state index in [0.717, 1.165) is 0 Å². The van der Waals surface area contributed by atoms with E-state index in [1.54, 1.807) is 10.6 Å². The maximum absolute atomic E-state index is 12.4. The minimum atomic E-state index is -4.76. The van der Waals surface area contributed by atoms with Gasteiger partial charge in [-0.2, -0.15) is 0 Å². The number of alkyl halides is 3. The Balaban J connectivity index is 2.41. The van der Waals surface area contributed by atoms with Crippen molar-refractivity contribution < 1.29 is 17.9 Å². The third-order valence-electron chi connectivity index (χ3n) is 2.81. The van der Waals surface area contributed by atoms with Crippen LogP contribution in [0.25, 0.3) is 11.3 Å². The fourth-order valence-electron chi connectivity index (χ4n) is 2.01. The quantitative estimate of drug-likeness (QED) is 0.936. The van der Waals surface area contributed by atoms with Gasteiger partial charge < -0.3 is 15.0 Å². The molecule has 0 amide bonds. The zero-order chi connectivity index (χ0) is 15.6. The van der Waals surface area contributed by atoms with E-state index in [1.165, 1.54) is 24.5 Å². The normalized spacial score (nSPS) is 11.9. The zero-order valence-corrected chi connectivity index (χ0v) is 11.7. The SMILES string of the molecule is CC(C)Cn1cnc(-c2ccccc2OC(F)(F)F)c1N. The minimum Gasteiger partial charge on any atom is -0.405 e. The van der Waals surface area contributed by atoms with Crippen LogP contribution in [0.1, 0.15) is 13.8 Å². The smallest absolute Gasteiger partial charge is 0.405 e. The number of nitrogen functional groups attached to an aromatic ring is 1. The van der Waals surface area contributed by atoms with Gasteiger partial charge in [0.15, 0.2) is 0 Å². The number of rotatable bonds is 4. The summed E-state index contributed by atoms with van der Waals surface area (Å²) in [4.78, 5) is 4.12. The lowest BCUT2D eigenvalue weighted by Crippen LogP contribution is -2.17. The van der Waals surface area contributed by atoms with Crippen molar-refractivity contribution in [1.82, 2.24) is 9.55 Å². The first-order valence-corrected chi connectivity index (χ1v) is 6.43. The number of para-hydroxylation sites is 1. The highest BCUT2D eigenvalue weighted by Gasteiger charge is 2.32. The van der Waals surface area contributed by atoms with Gasteiger partial charge in [-0.15, -0.1) is 13.2 Å². The molecule has 1 aromatic carbocycles. The van der Waals surface area contributed by atoms with Gasteiger partial charge >= 0.3 is 6.36 Å². The molecule has 0 unspecified atom stereocenters. The van der Waals surface area contributed by atoms with Crippen LogP contribution >= 0.6 is 0 Å². The van der Waals surface area contributed by atoms with Crippen molar-refractivity contribution in [2.75, 3.05) is 5.73 Å². The highest BCUT2D eigenvalue weighted by molar-refractivity contribution is 5.75. The number of anilines is 1. The molecule has 0 aliphatic heterocycles. The molecule has 21 heavy (non-hydrogen) atoms. The van der Waals surface area contributed by atoms with Crippen LogP contribution in [-0.4, -0.2) is 15.9 Å². The van der Waals surface area contributed by atoms with Crippen molar-refractivity contribution >= 4 is 5.82 Å². The lowest BCUT2D eigenvalue weighted by Gasteiger charge is -2.13. The molecule has 0 aliphatic rings. The van der Waals surface area contributed by atoms with E-state index in [9.17, 15) is 13.2 Å². The van der Waals surface area contributed by atoms with E-state index in [2.05, 4.69) is 9.72 Å². The number of nitrogens with two attached hydrogens (primary N) is 1. The molecule has 7 heteroatoms. The summed E-state index contributed by atoms with van der Waals surface area (Å²) < 4.78 is 43.0. The van der Waals surface area contributed by atoms with Gasteiger partial charge in [-0.05, 0) is 18.1 Å². The third kappa shape index (κ3) is 3.68. The number of benzene rings is 1. The van der Waals surface area contributed by atoms with E-state index >= 15 is 0 Å². The van der Waals surface area contributed by atoms with Crippen LogP contribution < -0.4 is 10.5 Å². The Morgan fingerprint density at radius 3 is 2.57 bits per heavy atom. The van der Waals surface area contributed by atoms with Crippen LogP contribution in [0.2, 0.25) is 0 Å². The maximum atomic E-state index is 12.4. The molecule has 0 fully saturated rings.